The number of methoxy groups -OCH3 is 1. The first kappa shape index (κ1) is 15.4. The van der Waals surface area contributed by atoms with Gasteiger partial charge in [-0.1, -0.05) is 26.0 Å². The maximum atomic E-state index is 6.43. The molecule has 0 saturated heterocycles. The standard InChI is InChI=1S/C18H29NO/c1-11(2)14-7-9-17(19)16(10-14)15-8-6-12(3)13(4)18(15)20-5/h6,8,11,14,16-17H,7,9-10,19H2,1-5H3. The average Bonchev–Trinajstić information content (AvgIpc) is 2.42. The first-order valence-corrected chi connectivity index (χ1v) is 7.85. The Morgan fingerprint density at radius 2 is 1.90 bits per heavy atom. The second-order valence-electron chi connectivity index (χ2n) is 6.72. The minimum atomic E-state index is 0.265. The molecule has 1 saturated carbocycles. The molecule has 0 radical (unpaired) electrons. The van der Waals surface area contributed by atoms with Crippen molar-refractivity contribution in [3.8, 4) is 5.75 Å². The van der Waals surface area contributed by atoms with Crippen LogP contribution in [0, 0.1) is 25.7 Å². The molecule has 0 spiro atoms. The second kappa shape index (κ2) is 6.17. The number of ether oxygens (including phenoxy) is 1. The Morgan fingerprint density at radius 1 is 1.20 bits per heavy atom. The number of hydrogen-bond donors (Lipinski definition) is 1. The van der Waals surface area contributed by atoms with Crippen LogP contribution in [0.5, 0.6) is 5.75 Å². The number of rotatable bonds is 3. The molecule has 3 atom stereocenters. The topological polar surface area (TPSA) is 35.2 Å². The van der Waals surface area contributed by atoms with E-state index in [-0.39, 0.29) is 6.04 Å². The summed E-state index contributed by atoms with van der Waals surface area (Å²) < 4.78 is 5.70. The fourth-order valence-electron chi connectivity index (χ4n) is 3.56. The molecule has 0 amide bonds. The molecule has 0 heterocycles. The van der Waals surface area contributed by atoms with Gasteiger partial charge in [-0.3, -0.25) is 0 Å². The monoisotopic (exact) mass is 275 g/mol. The second-order valence-corrected chi connectivity index (χ2v) is 6.72. The van der Waals surface area contributed by atoms with Gasteiger partial charge in [0.15, 0.2) is 0 Å². The molecule has 1 aromatic rings. The number of aryl methyl sites for hydroxylation is 1. The summed E-state index contributed by atoms with van der Waals surface area (Å²) in [4.78, 5) is 0. The summed E-state index contributed by atoms with van der Waals surface area (Å²) in [6.07, 6.45) is 3.59. The molecule has 0 aromatic heterocycles. The van der Waals surface area contributed by atoms with Crippen LogP contribution in [0.15, 0.2) is 12.1 Å². The number of hydrogen-bond acceptors (Lipinski definition) is 2. The van der Waals surface area contributed by atoms with Crippen LogP contribution in [0.4, 0.5) is 0 Å². The molecular formula is C18H29NO. The predicted molar refractivity (Wildman–Crippen MR) is 85.4 cm³/mol. The van der Waals surface area contributed by atoms with Crippen molar-refractivity contribution in [3.05, 3.63) is 28.8 Å². The lowest BCUT2D eigenvalue weighted by Crippen LogP contribution is -2.36. The van der Waals surface area contributed by atoms with Crippen molar-refractivity contribution in [1.29, 1.82) is 0 Å². The van der Waals surface area contributed by atoms with Gasteiger partial charge >= 0.3 is 0 Å². The first-order valence-electron chi connectivity index (χ1n) is 7.85. The average molecular weight is 275 g/mol. The fourth-order valence-corrected chi connectivity index (χ4v) is 3.56. The van der Waals surface area contributed by atoms with Gasteiger partial charge in [-0.15, -0.1) is 0 Å². The van der Waals surface area contributed by atoms with Gasteiger partial charge in [-0.2, -0.15) is 0 Å². The highest BCUT2D eigenvalue weighted by molar-refractivity contribution is 5.47. The SMILES string of the molecule is COc1c(C2CC(C(C)C)CCC2N)ccc(C)c1C. The van der Waals surface area contributed by atoms with Crippen LogP contribution in [-0.2, 0) is 0 Å². The van der Waals surface area contributed by atoms with Gasteiger partial charge in [-0.25, -0.2) is 0 Å². The molecule has 1 aliphatic carbocycles. The minimum absolute atomic E-state index is 0.265. The quantitative estimate of drug-likeness (QED) is 0.898. The third-order valence-electron chi connectivity index (χ3n) is 5.20. The third kappa shape index (κ3) is 2.85. The highest BCUT2D eigenvalue weighted by atomic mass is 16.5. The Morgan fingerprint density at radius 3 is 2.50 bits per heavy atom. The summed E-state index contributed by atoms with van der Waals surface area (Å²) in [7, 11) is 1.78. The van der Waals surface area contributed by atoms with E-state index in [1.165, 1.54) is 29.5 Å². The lowest BCUT2D eigenvalue weighted by atomic mass is 9.71. The van der Waals surface area contributed by atoms with E-state index in [2.05, 4.69) is 39.8 Å². The smallest absolute Gasteiger partial charge is 0.125 e. The van der Waals surface area contributed by atoms with E-state index in [0.29, 0.717) is 5.92 Å². The van der Waals surface area contributed by atoms with Crippen LogP contribution in [0.25, 0.3) is 0 Å². The van der Waals surface area contributed by atoms with Gasteiger partial charge in [0.2, 0.25) is 0 Å². The zero-order valence-corrected chi connectivity index (χ0v) is 13.6. The zero-order chi connectivity index (χ0) is 14.9. The molecule has 1 aromatic carbocycles. The first-order chi connectivity index (χ1) is 9.45. The van der Waals surface area contributed by atoms with Crippen molar-refractivity contribution in [1.82, 2.24) is 0 Å². The van der Waals surface area contributed by atoms with E-state index in [4.69, 9.17) is 10.5 Å². The van der Waals surface area contributed by atoms with Gasteiger partial charge in [0.25, 0.3) is 0 Å². The molecule has 2 nitrogen and oxygen atoms in total. The molecule has 2 heteroatoms. The van der Waals surface area contributed by atoms with E-state index in [1.807, 2.05) is 0 Å². The van der Waals surface area contributed by atoms with Crippen LogP contribution in [0.2, 0.25) is 0 Å². The summed E-state index contributed by atoms with van der Waals surface area (Å²) in [5.74, 6) is 3.01. The Hall–Kier alpha value is -1.02. The molecule has 0 aliphatic heterocycles. The molecule has 2 rings (SSSR count). The third-order valence-corrected chi connectivity index (χ3v) is 5.20. The molecule has 1 fully saturated rings. The van der Waals surface area contributed by atoms with Crippen LogP contribution in [-0.4, -0.2) is 13.2 Å². The van der Waals surface area contributed by atoms with Crippen LogP contribution < -0.4 is 10.5 Å². The lowest BCUT2D eigenvalue weighted by molar-refractivity contribution is 0.229. The number of nitrogens with two attached hydrogens (primary N) is 1. The summed E-state index contributed by atoms with van der Waals surface area (Å²) in [6, 6.07) is 4.70. The van der Waals surface area contributed by atoms with E-state index < -0.39 is 0 Å². The molecular weight excluding hydrogens is 246 g/mol. The van der Waals surface area contributed by atoms with Gasteiger partial charge in [-0.05, 0) is 61.6 Å². The van der Waals surface area contributed by atoms with Crippen LogP contribution in [0.1, 0.15) is 55.7 Å². The summed E-state index contributed by atoms with van der Waals surface area (Å²) >= 11 is 0. The molecule has 20 heavy (non-hydrogen) atoms. The zero-order valence-electron chi connectivity index (χ0n) is 13.6. The van der Waals surface area contributed by atoms with Gasteiger partial charge in [0.1, 0.15) is 5.75 Å². The highest BCUT2D eigenvalue weighted by Crippen LogP contribution is 2.43. The Bertz CT molecular complexity index is 467. The molecule has 112 valence electrons. The molecule has 1 aliphatic rings. The molecule has 0 bridgehead atoms. The summed E-state index contributed by atoms with van der Waals surface area (Å²) in [6.45, 7) is 8.94. The predicted octanol–water partition coefficient (Wildman–Crippen LogP) is 4.18. The van der Waals surface area contributed by atoms with Crippen molar-refractivity contribution < 1.29 is 4.74 Å². The van der Waals surface area contributed by atoms with Crippen molar-refractivity contribution in [2.75, 3.05) is 7.11 Å². The maximum Gasteiger partial charge on any atom is 0.125 e. The van der Waals surface area contributed by atoms with Crippen LogP contribution >= 0.6 is 0 Å². The maximum absolute atomic E-state index is 6.43. The fraction of sp³-hybridized carbons (Fsp3) is 0.667. The van der Waals surface area contributed by atoms with E-state index in [0.717, 1.165) is 24.0 Å². The van der Waals surface area contributed by atoms with Gasteiger partial charge in [0.05, 0.1) is 7.11 Å². The van der Waals surface area contributed by atoms with Crippen molar-refractivity contribution >= 4 is 0 Å². The Balaban J connectivity index is 2.36. The lowest BCUT2D eigenvalue weighted by Gasteiger charge is -2.37. The number of benzene rings is 1. The Kier molecular flexibility index (Phi) is 4.74. The molecule has 3 unspecified atom stereocenters. The van der Waals surface area contributed by atoms with Crippen molar-refractivity contribution in [2.45, 2.75) is 58.9 Å². The van der Waals surface area contributed by atoms with E-state index in [9.17, 15) is 0 Å². The van der Waals surface area contributed by atoms with Crippen LogP contribution in [0.3, 0.4) is 0 Å². The Labute approximate surface area is 123 Å². The van der Waals surface area contributed by atoms with Gasteiger partial charge < -0.3 is 10.5 Å². The highest BCUT2D eigenvalue weighted by Gasteiger charge is 2.32. The van der Waals surface area contributed by atoms with Gasteiger partial charge in [0, 0.05) is 12.0 Å². The molecule has 2 N–H and O–H groups in total. The normalized spacial score (nSPS) is 26.9. The van der Waals surface area contributed by atoms with Crippen molar-refractivity contribution in [3.63, 3.8) is 0 Å². The minimum Gasteiger partial charge on any atom is -0.496 e. The van der Waals surface area contributed by atoms with Crippen molar-refractivity contribution in [2.24, 2.45) is 17.6 Å². The largest absolute Gasteiger partial charge is 0.496 e. The van der Waals surface area contributed by atoms with E-state index in [1.54, 1.807) is 7.11 Å². The summed E-state index contributed by atoms with van der Waals surface area (Å²) in [5, 5.41) is 0. The van der Waals surface area contributed by atoms with E-state index >= 15 is 0 Å². The summed E-state index contributed by atoms with van der Waals surface area (Å²) in [5.41, 5.74) is 10.3.